The zero-order chi connectivity index (χ0) is 18.7. The van der Waals surface area contributed by atoms with E-state index in [1.807, 2.05) is 4.83 Å². The molecule has 0 unspecified atom stereocenters. The van der Waals surface area contributed by atoms with Crippen molar-refractivity contribution < 1.29 is 17.6 Å². The van der Waals surface area contributed by atoms with Gasteiger partial charge >= 0.3 is 0 Å². The molecule has 0 bridgehead atoms. The Balaban J connectivity index is 1.70. The summed E-state index contributed by atoms with van der Waals surface area (Å²) < 4.78 is 37.3. The molecule has 0 saturated carbocycles. The van der Waals surface area contributed by atoms with Crippen molar-refractivity contribution in [2.75, 3.05) is 0 Å². The number of benzene rings is 2. The van der Waals surface area contributed by atoms with Gasteiger partial charge in [0.05, 0.1) is 9.77 Å². The van der Waals surface area contributed by atoms with Gasteiger partial charge in [0.2, 0.25) is 0 Å². The largest absolute Gasteiger partial charge is 0.276 e. The lowest BCUT2D eigenvalue weighted by atomic mass is 10.2. The van der Waals surface area contributed by atoms with E-state index >= 15 is 0 Å². The zero-order valence-corrected chi connectivity index (χ0v) is 15.5. The van der Waals surface area contributed by atoms with Crippen molar-refractivity contribution in [3.05, 3.63) is 76.4 Å². The van der Waals surface area contributed by atoms with E-state index in [0.717, 1.165) is 21.8 Å². The predicted molar refractivity (Wildman–Crippen MR) is 99.0 cm³/mol. The Bertz CT molecular complexity index is 1050. The molecular weight excluding hydrogens is 399 g/mol. The number of nitrogens with one attached hydrogen (secondary N) is 2. The molecule has 9 heteroatoms. The van der Waals surface area contributed by atoms with Crippen LogP contribution in [0.3, 0.4) is 0 Å². The summed E-state index contributed by atoms with van der Waals surface area (Å²) in [6.45, 7) is 0. The maximum Gasteiger partial charge on any atom is 0.276 e. The van der Waals surface area contributed by atoms with Crippen molar-refractivity contribution >= 4 is 38.9 Å². The van der Waals surface area contributed by atoms with Crippen molar-refractivity contribution in [2.24, 2.45) is 0 Å². The van der Waals surface area contributed by atoms with E-state index in [-0.39, 0.29) is 15.7 Å². The number of rotatable bonds is 5. The van der Waals surface area contributed by atoms with Crippen LogP contribution in [0.5, 0.6) is 0 Å². The van der Waals surface area contributed by atoms with Crippen LogP contribution in [0.25, 0.3) is 10.4 Å². The van der Waals surface area contributed by atoms with Crippen LogP contribution in [-0.2, 0) is 10.0 Å². The van der Waals surface area contributed by atoms with E-state index < -0.39 is 15.9 Å². The molecule has 5 nitrogen and oxygen atoms in total. The standard InChI is InChI=1S/C17H12ClFN2O3S2/c18-12-2-1-3-14(10-12)26(23,24)21-20-17(22)16-9-8-15(25-16)11-4-6-13(19)7-5-11/h1-10,21H,(H,20,22). The molecule has 0 fully saturated rings. The molecule has 1 aromatic heterocycles. The fourth-order valence-corrected chi connectivity index (χ4v) is 4.14. The predicted octanol–water partition coefficient (Wildman–Crippen LogP) is 3.83. The minimum Gasteiger partial charge on any atom is -0.273 e. The lowest BCUT2D eigenvalue weighted by Gasteiger charge is -2.07. The van der Waals surface area contributed by atoms with Gasteiger partial charge in [0, 0.05) is 9.90 Å². The van der Waals surface area contributed by atoms with E-state index in [2.05, 4.69) is 5.43 Å². The van der Waals surface area contributed by atoms with Gasteiger partial charge in [0.25, 0.3) is 15.9 Å². The SMILES string of the molecule is O=C(NNS(=O)(=O)c1cccc(Cl)c1)c1ccc(-c2ccc(F)cc2)s1. The number of halogens is 2. The molecule has 2 aromatic carbocycles. The molecule has 0 radical (unpaired) electrons. The van der Waals surface area contributed by atoms with E-state index in [0.29, 0.717) is 4.88 Å². The van der Waals surface area contributed by atoms with Crippen molar-refractivity contribution in [3.63, 3.8) is 0 Å². The molecule has 0 spiro atoms. The molecule has 0 aliphatic heterocycles. The van der Waals surface area contributed by atoms with Crippen LogP contribution in [0.15, 0.2) is 65.6 Å². The highest BCUT2D eigenvalue weighted by Crippen LogP contribution is 2.28. The molecule has 0 aliphatic rings. The van der Waals surface area contributed by atoms with Crippen molar-refractivity contribution in [2.45, 2.75) is 4.90 Å². The van der Waals surface area contributed by atoms with Crippen LogP contribution in [0.2, 0.25) is 5.02 Å². The second-order valence-electron chi connectivity index (χ2n) is 5.19. The number of carbonyl (C=O) groups is 1. The quantitative estimate of drug-likeness (QED) is 0.627. The number of hydrogen-bond donors (Lipinski definition) is 2. The summed E-state index contributed by atoms with van der Waals surface area (Å²) in [7, 11) is -3.94. The molecule has 1 amide bonds. The fourth-order valence-electron chi connectivity index (χ4n) is 2.10. The average Bonchev–Trinajstić information content (AvgIpc) is 3.10. The summed E-state index contributed by atoms with van der Waals surface area (Å²) in [5, 5.41) is 0.265. The number of thiophene rings is 1. The van der Waals surface area contributed by atoms with Gasteiger partial charge < -0.3 is 0 Å². The molecule has 3 aromatic rings. The first-order chi connectivity index (χ1) is 12.3. The molecule has 0 aliphatic carbocycles. The van der Waals surface area contributed by atoms with Crippen LogP contribution >= 0.6 is 22.9 Å². The second kappa shape index (κ2) is 7.55. The first-order valence-electron chi connectivity index (χ1n) is 7.29. The van der Waals surface area contributed by atoms with E-state index in [4.69, 9.17) is 11.6 Å². The zero-order valence-electron chi connectivity index (χ0n) is 13.1. The normalized spacial score (nSPS) is 11.3. The summed E-state index contributed by atoms with van der Waals surface area (Å²) in [6.07, 6.45) is 0. The third-order valence-electron chi connectivity index (χ3n) is 3.36. The van der Waals surface area contributed by atoms with Crippen LogP contribution in [0, 0.1) is 5.82 Å². The highest BCUT2D eigenvalue weighted by Gasteiger charge is 2.17. The van der Waals surface area contributed by atoms with Crippen molar-refractivity contribution in [3.8, 4) is 10.4 Å². The Morgan fingerprint density at radius 2 is 1.77 bits per heavy atom. The Morgan fingerprint density at radius 3 is 2.46 bits per heavy atom. The molecule has 0 atom stereocenters. The van der Waals surface area contributed by atoms with Gasteiger partial charge in [0.15, 0.2) is 0 Å². The molecule has 0 saturated heterocycles. The summed E-state index contributed by atoms with van der Waals surface area (Å²) in [6, 6.07) is 14.8. The summed E-state index contributed by atoms with van der Waals surface area (Å²) in [4.78, 5) is 15.2. The molecule has 1 heterocycles. The van der Waals surface area contributed by atoms with Gasteiger partial charge in [-0.05, 0) is 48.0 Å². The maximum atomic E-state index is 13.0. The van der Waals surface area contributed by atoms with Gasteiger partial charge in [-0.1, -0.05) is 29.8 Å². The fraction of sp³-hybridized carbons (Fsp3) is 0. The van der Waals surface area contributed by atoms with E-state index in [1.54, 1.807) is 30.3 Å². The molecule has 134 valence electrons. The Labute approximate surface area is 158 Å². The Kier molecular flexibility index (Phi) is 5.38. The summed E-state index contributed by atoms with van der Waals surface area (Å²) in [5.74, 6) is -0.951. The number of amides is 1. The van der Waals surface area contributed by atoms with Gasteiger partial charge in [-0.2, -0.15) is 0 Å². The number of hydrazine groups is 1. The second-order valence-corrected chi connectivity index (χ2v) is 8.39. The minimum atomic E-state index is -3.94. The van der Waals surface area contributed by atoms with Gasteiger partial charge in [-0.25, -0.2) is 12.8 Å². The first kappa shape index (κ1) is 18.5. The topological polar surface area (TPSA) is 75.3 Å². The van der Waals surface area contributed by atoms with Crippen LogP contribution < -0.4 is 10.3 Å². The molecule has 2 N–H and O–H groups in total. The lowest BCUT2D eigenvalue weighted by molar-refractivity contribution is 0.0949. The third kappa shape index (κ3) is 4.28. The monoisotopic (exact) mass is 410 g/mol. The number of sulfonamides is 1. The van der Waals surface area contributed by atoms with Crippen molar-refractivity contribution in [1.29, 1.82) is 0 Å². The smallest absolute Gasteiger partial charge is 0.273 e. The van der Waals surface area contributed by atoms with Crippen LogP contribution in [-0.4, -0.2) is 14.3 Å². The van der Waals surface area contributed by atoms with Gasteiger partial charge in [-0.15, -0.1) is 16.2 Å². The maximum absolute atomic E-state index is 13.0. The van der Waals surface area contributed by atoms with Crippen LogP contribution in [0.1, 0.15) is 9.67 Å². The molecular formula is C17H12ClFN2O3S2. The summed E-state index contributed by atoms with van der Waals surface area (Å²) >= 11 is 6.94. The highest BCUT2D eigenvalue weighted by atomic mass is 35.5. The Hall–Kier alpha value is -2.26. The first-order valence-corrected chi connectivity index (χ1v) is 9.96. The molecule has 26 heavy (non-hydrogen) atoms. The highest BCUT2D eigenvalue weighted by molar-refractivity contribution is 7.89. The summed E-state index contributed by atoms with van der Waals surface area (Å²) in [5.41, 5.74) is 2.92. The average molecular weight is 411 g/mol. The van der Waals surface area contributed by atoms with E-state index in [9.17, 15) is 17.6 Å². The lowest BCUT2D eigenvalue weighted by Crippen LogP contribution is -2.41. The number of hydrogen-bond acceptors (Lipinski definition) is 4. The molecule has 3 rings (SSSR count). The number of carbonyl (C=O) groups excluding carboxylic acids is 1. The van der Waals surface area contributed by atoms with Crippen molar-refractivity contribution in [1.82, 2.24) is 10.3 Å². The van der Waals surface area contributed by atoms with Gasteiger partial charge in [-0.3, -0.25) is 10.2 Å². The van der Waals surface area contributed by atoms with Gasteiger partial charge in [0.1, 0.15) is 5.82 Å². The van der Waals surface area contributed by atoms with Crippen LogP contribution in [0.4, 0.5) is 4.39 Å². The third-order valence-corrected chi connectivity index (χ3v) is 5.98. The minimum absolute atomic E-state index is 0.0662. The van der Waals surface area contributed by atoms with E-state index in [1.165, 1.54) is 30.3 Å². The Morgan fingerprint density at radius 1 is 1.04 bits per heavy atom.